The molecule has 1 heterocycles. The molecule has 0 bridgehead atoms. The van der Waals surface area contributed by atoms with Gasteiger partial charge in [0.25, 0.3) is 0 Å². The molecule has 4 heteroatoms. The van der Waals surface area contributed by atoms with Crippen LogP contribution in [0.4, 0.5) is 4.39 Å². The number of aliphatic hydroxyl groups is 1. The Balaban J connectivity index is 1.96. The minimum absolute atomic E-state index is 0.258. The molecule has 0 fully saturated rings. The van der Waals surface area contributed by atoms with E-state index in [9.17, 15) is 9.50 Å². The van der Waals surface area contributed by atoms with Gasteiger partial charge in [-0.15, -0.1) is 0 Å². The van der Waals surface area contributed by atoms with Gasteiger partial charge in [-0.1, -0.05) is 28.1 Å². The Labute approximate surface area is 125 Å². The van der Waals surface area contributed by atoms with Crippen molar-refractivity contribution in [2.45, 2.75) is 25.6 Å². The first-order valence-corrected chi connectivity index (χ1v) is 7.24. The average Bonchev–Trinajstić information content (AvgIpc) is 2.41. The Morgan fingerprint density at radius 2 is 2.05 bits per heavy atom. The number of rotatable bonds is 1. The van der Waals surface area contributed by atoms with Crippen LogP contribution in [-0.2, 0) is 0 Å². The van der Waals surface area contributed by atoms with Crippen LogP contribution in [0.2, 0.25) is 0 Å². The SMILES string of the molecule is Cc1cc(C2CC(O)c3ccc(F)cc3O2)ccc1Br. The predicted octanol–water partition coefficient (Wildman–Crippen LogP) is 4.45. The van der Waals surface area contributed by atoms with E-state index in [2.05, 4.69) is 15.9 Å². The minimum atomic E-state index is -0.631. The van der Waals surface area contributed by atoms with Gasteiger partial charge in [0.05, 0.1) is 6.10 Å². The van der Waals surface area contributed by atoms with Crippen LogP contribution in [0.25, 0.3) is 0 Å². The summed E-state index contributed by atoms with van der Waals surface area (Å²) in [7, 11) is 0. The second kappa shape index (κ2) is 5.19. The molecule has 0 aliphatic carbocycles. The maximum Gasteiger partial charge on any atom is 0.128 e. The lowest BCUT2D eigenvalue weighted by Crippen LogP contribution is -2.19. The third-order valence-electron chi connectivity index (χ3n) is 3.59. The highest BCUT2D eigenvalue weighted by atomic mass is 79.9. The van der Waals surface area contributed by atoms with Crippen LogP contribution in [0.15, 0.2) is 40.9 Å². The highest BCUT2D eigenvalue weighted by Crippen LogP contribution is 2.41. The normalized spacial score (nSPS) is 21.2. The van der Waals surface area contributed by atoms with Gasteiger partial charge in [-0.2, -0.15) is 0 Å². The molecule has 0 amide bonds. The van der Waals surface area contributed by atoms with Crippen molar-refractivity contribution in [3.63, 3.8) is 0 Å². The summed E-state index contributed by atoms with van der Waals surface area (Å²) in [5.74, 6) is 0.0675. The first-order valence-electron chi connectivity index (χ1n) is 6.45. The molecular weight excluding hydrogens is 323 g/mol. The summed E-state index contributed by atoms with van der Waals surface area (Å²) in [6.45, 7) is 2.00. The summed E-state index contributed by atoms with van der Waals surface area (Å²) in [4.78, 5) is 0. The largest absolute Gasteiger partial charge is 0.485 e. The summed E-state index contributed by atoms with van der Waals surface area (Å²) < 4.78 is 20.2. The zero-order chi connectivity index (χ0) is 14.3. The molecule has 20 heavy (non-hydrogen) atoms. The summed E-state index contributed by atoms with van der Waals surface area (Å²) in [6, 6.07) is 10.2. The summed E-state index contributed by atoms with van der Waals surface area (Å²) >= 11 is 3.46. The molecule has 2 nitrogen and oxygen atoms in total. The Bertz CT molecular complexity index is 657. The molecule has 2 unspecified atom stereocenters. The Hall–Kier alpha value is -1.39. The first kappa shape index (κ1) is 13.6. The average molecular weight is 337 g/mol. The van der Waals surface area contributed by atoms with Crippen molar-refractivity contribution in [3.8, 4) is 5.75 Å². The molecule has 2 aromatic rings. The quantitative estimate of drug-likeness (QED) is 0.833. The summed E-state index contributed by atoms with van der Waals surface area (Å²) in [5.41, 5.74) is 2.74. The zero-order valence-electron chi connectivity index (χ0n) is 10.9. The monoisotopic (exact) mass is 336 g/mol. The number of fused-ring (bicyclic) bond motifs is 1. The zero-order valence-corrected chi connectivity index (χ0v) is 12.5. The van der Waals surface area contributed by atoms with Crippen LogP contribution in [0.5, 0.6) is 5.75 Å². The topological polar surface area (TPSA) is 29.5 Å². The number of hydrogen-bond acceptors (Lipinski definition) is 2. The van der Waals surface area contributed by atoms with Crippen molar-refractivity contribution in [2.24, 2.45) is 0 Å². The molecule has 2 aromatic carbocycles. The number of hydrogen-bond donors (Lipinski definition) is 1. The van der Waals surface area contributed by atoms with Gasteiger partial charge in [-0.25, -0.2) is 4.39 Å². The van der Waals surface area contributed by atoms with E-state index in [-0.39, 0.29) is 11.9 Å². The van der Waals surface area contributed by atoms with Gasteiger partial charge >= 0.3 is 0 Å². The number of benzene rings is 2. The van der Waals surface area contributed by atoms with Gasteiger partial charge in [0.1, 0.15) is 17.7 Å². The highest BCUT2D eigenvalue weighted by Gasteiger charge is 2.28. The fourth-order valence-corrected chi connectivity index (χ4v) is 2.74. The van der Waals surface area contributed by atoms with Gasteiger partial charge in [-0.05, 0) is 36.2 Å². The van der Waals surface area contributed by atoms with Gasteiger partial charge < -0.3 is 9.84 Å². The van der Waals surface area contributed by atoms with E-state index in [0.29, 0.717) is 17.7 Å². The van der Waals surface area contributed by atoms with E-state index in [1.807, 2.05) is 25.1 Å². The molecule has 0 aromatic heterocycles. The van der Waals surface area contributed by atoms with E-state index in [4.69, 9.17) is 4.74 Å². The van der Waals surface area contributed by atoms with Crippen LogP contribution < -0.4 is 4.74 Å². The molecular formula is C16H14BrFO2. The molecule has 0 saturated heterocycles. The third-order valence-corrected chi connectivity index (χ3v) is 4.48. The fourth-order valence-electron chi connectivity index (χ4n) is 2.49. The summed E-state index contributed by atoms with van der Waals surface area (Å²) in [5, 5.41) is 10.2. The van der Waals surface area contributed by atoms with Crippen LogP contribution in [0.1, 0.15) is 35.3 Å². The molecule has 1 N–H and O–H groups in total. The molecule has 0 saturated carbocycles. The molecule has 0 spiro atoms. The molecule has 2 atom stereocenters. The number of ether oxygens (including phenoxy) is 1. The van der Waals surface area contributed by atoms with E-state index in [1.165, 1.54) is 12.1 Å². The van der Waals surface area contributed by atoms with E-state index >= 15 is 0 Å². The highest BCUT2D eigenvalue weighted by molar-refractivity contribution is 9.10. The van der Waals surface area contributed by atoms with Crippen molar-refractivity contribution in [1.82, 2.24) is 0 Å². The van der Waals surface area contributed by atoms with E-state index in [1.54, 1.807) is 6.07 Å². The van der Waals surface area contributed by atoms with Crippen molar-refractivity contribution in [1.29, 1.82) is 0 Å². The van der Waals surface area contributed by atoms with Gasteiger partial charge in [0.15, 0.2) is 0 Å². The number of halogens is 2. The van der Waals surface area contributed by atoms with Gasteiger partial charge in [-0.3, -0.25) is 0 Å². The second-order valence-corrected chi connectivity index (χ2v) is 5.90. The maximum absolute atomic E-state index is 13.3. The second-order valence-electron chi connectivity index (χ2n) is 5.05. The maximum atomic E-state index is 13.3. The Kier molecular flexibility index (Phi) is 3.52. The lowest BCUT2D eigenvalue weighted by atomic mass is 9.94. The fraction of sp³-hybridized carbons (Fsp3) is 0.250. The molecule has 3 rings (SSSR count). The van der Waals surface area contributed by atoms with Crippen molar-refractivity contribution in [3.05, 3.63) is 63.4 Å². The minimum Gasteiger partial charge on any atom is -0.485 e. The van der Waals surface area contributed by atoms with Crippen LogP contribution >= 0.6 is 15.9 Å². The van der Waals surface area contributed by atoms with Crippen molar-refractivity contribution >= 4 is 15.9 Å². The lowest BCUT2D eigenvalue weighted by molar-refractivity contribution is 0.0653. The van der Waals surface area contributed by atoms with E-state index < -0.39 is 6.10 Å². The number of aryl methyl sites for hydroxylation is 1. The van der Waals surface area contributed by atoms with Crippen LogP contribution in [-0.4, -0.2) is 5.11 Å². The van der Waals surface area contributed by atoms with Crippen LogP contribution in [0, 0.1) is 12.7 Å². The van der Waals surface area contributed by atoms with Gasteiger partial charge in [0.2, 0.25) is 0 Å². The Morgan fingerprint density at radius 3 is 2.80 bits per heavy atom. The third kappa shape index (κ3) is 2.45. The standard InChI is InChI=1S/C16H14BrFO2/c1-9-6-10(2-5-13(9)17)15-8-14(19)12-4-3-11(18)7-16(12)20-15/h2-7,14-15,19H,8H2,1H3. The molecule has 0 radical (unpaired) electrons. The van der Waals surface area contributed by atoms with Crippen molar-refractivity contribution < 1.29 is 14.2 Å². The first-order chi connectivity index (χ1) is 9.54. The Morgan fingerprint density at radius 1 is 1.25 bits per heavy atom. The predicted molar refractivity (Wildman–Crippen MR) is 78.2 cm³/mol. The number of aliphatic hydroxyl groups excluding tert-OH is 1. The molecule has 104 valence electrons. The van der Waals surface area contributed by atoms with Crippen molar-refractivity contribution in [2.75, 3.05) is 0 Å². The van der Waals surface area contributed by atoms with E-state index in [0.717, 1.165) is 15.6 Å². The molecule has 1 aliphatic rings. The van der Waals surface area contributed by atoms with Gasteiger partial charge in [0, 0.05) is 22.5 Å². The molecule has 1 aliphatic heterocycles. The smallest absolute Gasteiger partial charge is 0.128 e. The van der Waals surface area contributed by atoms with Crippen LogP contribution in [0.3, 0.4) is 0 Å². The summed E-state index contributed by atoms with van der Waals surface area (Å²) in [6.07, 6.45) is -0.418. The lowest BCUT2D eigenvalue weighted by Gasteiger charge is -2.30.